The lowest BCUT2D eigenvalue weighted by Crippen LogP contribution is -2.58. The van der Waals surface area contributed by atoms with E-state index in [1.165, 1.54) is 25.7 Å². The Bertz CT molecular complexity index is 474. The maximum atomic E-state index is 6.02. The van der Waals surface area contributed by atoms with Crippen LogP contribution in [-0.4, -0.2) is 49.5 Å². The molecule has 0 spiro atoms. The first-order valence-electron chi connectivity index (χ1n) is 8.84. The van der Waals surface area contributed by atoms with E-state index >= 15 is 0 Å². The van der Waals surface area contributed by atoms with Crippen LogP contribution in [0.25, 0.3) is 0 Å². The van der Waals surface area contributed by atoms with Gasteiger partial charge in [0, 0.05) is 19.1 Å². The molecule has 0 N–H and O–H groups in total. The third kappa shape index (κ3) is 4.39. The van der Waals surface area contributed by atoms with Crippen molar-refractivity contribution in [2.24, 2.45) is 0 Å². The summed E-state index contributed by atoms with van der Waals surface area (Å²) in [6, 6.07) is 8.58. The van der Waals surface area contributed by atoms with E-state index < -0.39 is 0 Å². The van der Waals surface area contributed by atoms with E-state index in [2.05, 4.69) is 18.7 Å². The number of hydrogen-bond donors (Lipinski definition) is 0. The van der Waals surface area contributed by atoms with Gasteiger partial charge < -0.3 is 14.2 Å². The fourth-order valence-corrected chi connectivity index (χ4v) is 3.62. The van der Waals surface area contributed by atoms with Gasteiger partial charge in [-0.05, 0) is 63.8 Å². The molecular formula is C19H29NO3. The van der Waals surface area contributed by atoms with Gasteiger partial charge in [0.25, 0.3) is 0 Å². The highest BCUT2D eigenvalue weighted by atomic mass is 16.5. The molecule has 128 valence electrons. The number of nitrogens with zero attached hydrogens (tertiary/aromatic N) is 1. The lowest BCUT2D eigenvalue weighted by Gasteiger charge is -2.46. The highest BCUT2D eigenvalue weighted by Gasteiger charge is 2.35. The molecule has 1 aliphatic carbocycles. The monoisotopic (exact) mass is 319 g/mol. The first kappa shape index (κ1) is 16.6. The van der Waals surface area contributed by atoms with Crippen molar-refractivity contribution in [3.63, 3.8) is 0 Å². The van der Waals surface area contributed by atoms with E-state index in [9.17, 15) is 0 Å². The van der Waals surface area contributed by atoms with Crippen LogP contribution < -0.4 is 9.47 Å². The maximum absolute atomic E-state index is 6.02. The summed E-state index contributed by atoms with van der Waals surface area (Å²) in [5.41, 5.74) is 0. The normalized spacial score (nSPS) is 26.1. The third-order valence-electron chi connectivity index (χ3n) is 4.86. The molecule has 1 aromatic carbocycles. The second-order valence-electron chi connectivity index (χ2n) is 6.98. The molecular weight excluding hydrogens is 290 g/mol. The van der Waals surface area contributed by atoms with E-state index in [0.717, 1.165) is 30.6 Å². The van der Waals surface area contributed by atoms with E-state index in [0.29, 0.717) is 18.3 Å². The summed E-state index contributed by atoms with van der Waals surface area (Å²) in [6.45, 7) is 6.35. The summed E-state index contributed by atoms with van der Waals surface area (Å²) in [5, 5.41) is 0. The van der Waals surface area contributed by atoms with E-state index in [1.807, 2.05) is 24.3 Å². The highest BCUT2D eigenvalue weighted by Crippen LogP contribution is 2.30. The lowest BCUT2D eigenvalue weighted by molar-refractivity contribution is -0.0554. The number of likely N-dealkylation sites (tertiary alicyclic amines) is 1. The summed E-state index contributed by atoms with van der Waals surface area (Å²) in [6.07, 6.45) is 6.06. The van der Waals surface area contributed by atoms with Gasteiger partial charge in [0.2, 0.25) is 0 Å². The molecule has 4 nitrogen and oxygen atoms in total. The summed E-state index contributed by atoms with van der Waals surface area (Å²) in [4.78, 5) is 2.57. The van der Waals surface area contributed by atoms with Crippen LogP contribution in [-0.2, 0) is 4.74 Å². The smallest absolute Gasteiger partial charge is 0.124 e. The molecule has 1 aromatic rings. The van der Waals surface area contributed by atoms with Crippen molar-refractivity contribution in [2.45, 2.75) is 63.9 Å². The Balaban J connectivity index is 1.38. The molecule has 0 radical (unpaired) electrons. The standard InChI is InChI=1S/C19H29NO3/c1-14(2)22-17-6-4-15(5-7-17)20-12-19(13-20)23-18-10-8-16(21-3)9-11-18/h8-11,14-15,17,19H,4-7,12-13H2,1-3H3. The van der Waals surface area contributed by atoms with Crippen LogP contribution >= 0.6 is 0 Å². The average molecular weight is 319 g/mol. The van der Waals surface area contributed by atoms with Gasteiger partial charge in [-0.3, -0.25) is 4.90 Å². The van der Waals surface area contributed by atoms with Gasteiger partial charge in [0.15, 0.2) is 0 Å². The van der Waals surface area contributed by atoms with Gasteiger partial charge in [-0.2, -0.15) is 0 Å². The summed E-state index contributed by atoms with van der Waals surface area (Å²) in [5.74, 6) is 1.80. The molecule has 0 unspecified atom stereocenters. The minimum absolute atomic E-state index is 0.327. The Labute approximate surface area is 139 Å². The van der Waals surface area contributed by atoms with E-state index in [1.54, 1.807) is 7.11 Å². The Morgan fingerprint density at radius 3 is 2.09 bits per heavy atom. The molecule has 4 heteroatoms. The van der Waals surface area contributed by atoms with Crippen molar-refractivity contribution in [1.82, 2.24) is 4.90 Å². The fourth-order valence-electron chi connectivity index (χ4n) is 3.62. The second-order valence-corrected chi connectivity index (χ2v) is 6.98. The number of rotatable bonds is 6. The molecule has 2 aliphatic rings. The van der Waals surface area contributed by atoms with Gasteiger partial charge in [-0.1, -0.05) is 0 Å². The third-order valence-corrected chi connectivity index (χ3v) is 4.86. The van der Waals surface area contributed by atoms with Crippen molar-refractivity contribution in [3.8, 4) is 11.5 Å². The molecule has 1 heterocycles. The molecule has 23 heavy (non-hydrogen) atoms. The van der Waals surface area contributed by atoms with Crippen molar-refractivity contribution >= 4 is 0 Å². The zero-order chi connectivity index (χ0) is 16.2. The quantitative estimate of drug-likeness (QED) is 0.803. The van der Waals surface area contributed by atoms with Crippen LogP contribution in [0.3, 0.4) is 0 Å². The van der Waals surface area contributed by atoms with Crippen LogP contribution in [0.4, 0.5) is 0 Å². The van der Waals surface area contributed by atoms with Crippen LogP contribution in [0.1, 0.15) is 39.5 Å². The van der Waals surface area contributed by atoms with Gasteiger partial charge >= 0.3 is 0 Å². The van der Waals surface area contributed by atoms with Gasteiger partial charge in [-0.25, -0.2) is 0 Å². The van der Waals surface area contributed by atoms with Crippen molar-refractivity contribution in [2.75, 3.05) is 20.2 Å². The summed E-state index contributed by atoms with van der Waals surface area (Å²) in [7, 11) is 1.68. The molecule has 0 amide bonds. The van der Waals surface area contributed by atoms with E-state index in [4.69, 9.17) is 14.2 Å². The maximum Gasteiger partial charge on any atom is 0.124 e. The number of ether oxygens (including phenoxy) is 3. The van der Waals surface area contributed by atoms with Crippen molar-refractivity contribution in [3.05, 3.63) is 24.3 Å². The minimum atomic E-state index is 0.327. The molecule has 3 rings (SSSR count). The highest BCUT2D eigenvalue weighted by molar-refractivity contribution is 5.31. The van der Waals surface area contributed by atoms with E-state index in [-0.39, 0.29) is 0 Å². The zero-order valence-corrected chi connectivity index (χ0v) is 14.5. The average Bonchev–Trinajstić information content (AvgIpc) is 2.51. The SMILES string of the molecule is COc1ccc(OC2CN(C3CCC(OC(C)C)CC3)C2)cc1. The first-order chi connectivity index (χ1) is 11.1. The molecule has 1 saturated carbocycles. The molecule has 0 atom stereocenters. The Kier molecular flexibility index (Phi) is 5.44. The second kappa shape index (κ2) is 7.54. The molecule has 1 aliphatic heterocycles. The predicted molar refractivity (Wildman–Crippen MR) is 91.2 cm³/mol. The zero-order valence-electron chi connectivity index (χ0n) is 14.5. The van der Waals surface area contributed by atoms with Gasteiger partial charge in [-0.15, -0.1) is 0 Å². The summed E-state index contributed by atoms with van der Waals surface area (Å²) >= 11 is 0. The molecule has 0 bridgehead atoms. The first-order valence-corrected chi connectivity index (χ1v) is 8.84. The van der Waals surface area contributed by atoms with Gasteiger partial charge in [0.05, 0.1) is 19.3 Å². The number of hydrogen-bond acceptors (Lipinski definition) is 4. The summed E-state index contributed by atoms with van der Waals surface area (Å²) < 4.78 is 17.1. The number of benzene rings is 1. The van der Waals surface area contributed by atoms with Crippen molar-refractivity contribution < 1.29 is 14.2 Å². The lowest BCUT2D eigenvalue weighted by atomic mass is 9.89. The molecule has 2 fully saturated rings. The van der Waals surface area contributed by atoms with Gasteiger partial charge in [0.1, 0.15) is 17.6 Å². The predicted octanol–water partition coefficient (Wildman–Crippen LogP) is 3.49. The topological polar surface area (TPSA) is 30.9 Å². The fraction of sp³-hybridized carbons (Fsp3) is 0.684. The van der Waals surface area contributed by atoms with Crippen LogP contribution in [0.15, 0.2) is 24.3 Å². The largest absolute Gasteiger partial charge is 0.497 e. The minimum Gasteiger partial charge on any atom is -0.497 e. The van der Waals surface area contributed by atoms with Crippen LogP contribution in [0, 0.1) is 0 Å². The Morgan fingerprint density at radius 2 is 1.52 bits per heavy atom. The Morgan fingerprint density at radius 1 is 0.913 bits per heavy atom. The van der Waals surface area contributed by atoms with Crippen molar-refractivity contribution in [1.29, 1.82) is 0 Å². The van der Waals surface area contributed by atoms with Crippen LogP contribution in [0.5, 0.6) is 11.5 Å². The molecule has 1 saturated heterocycles. The van der Waals surface area contributed by atoms with Crippen LogP contribution in [0.2, 0.25) is 0 Å². The number of methoxy groups -OCH3 is 1. The Hall–Kier alpha value is -1.26. The molecule has 0 aromatic heterocycles.